The van der Waals surface area contributed by atoms with Gasteiger partial charge in [0.15, 0.2) is 0 Å². The maximum Gasteiger partial charge on any atom is 0.573 e. The van der Waals surface area contributed by atoms with E-state index < -0.39 is 6.36 Å². The maximum absolute atomic E-state index is 12.4. The normalized spacial score (nSPS) is 14.5. The summed E-state index contributed by atoms with van der Waals surface area (Å²) in [6.07, 6.45) is -0.301. The van der Waals surface area contributed by atoms with Crippen molar-refractivity contribution in [3.8, 4) is 22.6 Å². The predicted molar refractivity (Wildman–Crippen MR) is 110 cm³/mol. The molecular weight excluding hydrogens is 407 g/mol. The van der Waals surface area contributed by atoms with Crippen molar-refractivity contribution in [3.05, 3.63) is 71.8 Å². The second-order valence-corrected chi connectivity index (χ2v) is 7.31. The molecule has 0 amide bonds. The Morgan fingerprint density at radius 1 is 1.03 bits per heavy atom. The van der Waals surface area contributed by atoms with E-state index in [9.17, 15) is 13.2 Å². The molecule has 1 aliphatic rings. The molecule has 0 fully saturated rings. The largest absolute Gasteiger partial charge is 0.573 e. The van der Waals surface area contributed by atoms with Crippen LogP contribution in [0, 0.1) is 0 Å². The van der Waals surface area contributed by atoms with Gasteiger partial charge in [-0.3, -0.25) is 14.9 Å². The van der Waals surface area contributed by atoms with E-state index in [0.29, 0.717) is 19.7 Å². The molecule has 162 valence electrons. The smallest absolute Gasteiger partial charge is 0.492 e. The summed E-state index contributed by atoms with van der Waals surface area (Å²) in [6, 6.07) is 11.7. The van der Waals surface area contributed by atoms with Gasteiger partial charge in [-0.1, -0.05) is 25.1 Å². The van der Waals surface area contributed by atoms with Crippen LogP contribution in [0.1, 0.15) is 23.9 Å². The van der Waals surface area contributed by atoms with E-state index in [-0.39, 0.29) is 5.75 Å². The highest BCUT2D eigenvalue weighted by molar-refractivity contribution is 5.66. The van der Waals surface area contributed by atoms with Crippen molar-refractivity contribution in [2.24, 2.45) is 0 Å². The van der Waals surface area contributed by atoms with Gasteiger partial charge in [-0.05, 0) is 41.8 Å². The SMILES string of the molecule is CCc1cncc(CN2CCOc3ccc(-c4ccc(OC(F)(F)F)cc4)cc3C2)n1. The van der Waals surface area contributed by atoms with Crippen LogP contribution in [-0.4, -0.2) is 34.4 Å². The fourth-order valence-corrected chi connectivity index (χ4v) is 3.54. The van der Waals surface area contributed by atoms with Gasteiger partial charge >= 0.3 is 6.36 Å². The van der Waals surface area contributed by atoms with E-state index in [4.69, 9.17) is 4.74 Å². The monoisotopic (exact) mass is 429 g/mol. The summed E-state index contributed by atoms with van der Waals surface area (Å²) in [7, 11) is 0. The lowest BCUT2D eigenvalue weighted by Crippen LogP contribution is -2.26. The molecule has 1 aromatic heterocycles. The average molecular weight is 429 g/mol. The van der Waals surface area contributed by atoms with E-state index in [0.717, 1.165) is 46.8 Å². The van der Waals surface area contributed by atoms with Crippen LogP contribution in [0.5, 0.6) is 11.5 Å². The van der Waals surface area contributed by atoms with Crippen LogP contribution in [-0.2, 0) is 19.5 Å². The fourth-order valence-electron chi connectivity index (χ4n) is 3.54. The number of rotatable bonds is 5. The van der Waals surface area contributed by atoms with Crippen molar-refractivity contribution in [2.75, 3.05) is 13.2 Å². The minimum absolute atomic E-state index is 0.240. The second kappa shape index (κ2) is 8.93. The molecule has 1 aliphatic heterocycles. The number of nitrogens with zero attached hydrogens (tertiary/aromatic N) is 3. The number of ether oxygens (including phenoxy) is 2. The molecule has 0 unspecified atom stereocenters. The van der Waals surface area contributed by atoms with Crippen molar-refractivity contribution in [2.45, 2.75) is 32.8 Å². The van der Waals surface area contributed by atoms with Crippen molar-refractivity contribution in [1.29, 1.82) is 0 Å². The molecule has 31 heavy (non-hydrogen) atoms. The summed E-state index contributed by atoms with van der Waals surface area (Å²) in [6.45, 7) is 4.71. The lowest BCUT2D eigenvalue weighted by molar-refractivity contribution is -0.274. The molecule has 0 spiro atoms. The van der Waals surface area contributed by atoms with Crippen LogP contribution >= 0.6 is 0 Å². The number of aryl methyl sites for hydroxylation is 1. The van der Waals surface area contributed by atoms with E-state index in [2.05, 4.69) is 19.6 Å². The maximum atomic E-state index is 12.4. The number of fused-ring (bicyclic) bond motifs is 1. The minimum atomic E-state index is -4.70. The summed E-state index contributed by atoms with van der Waals surface area (Å²) in [5.41, 5.74) is 4.60. The first kappa shape index (κ1) is 21.1. The van der Waals surface area contributed by atoms with E-state index in [1.54, 1.807) is 24.5 Å². The standard InChI is InChI=1S/C23H22F3N3O2/c1-2-19-12-27-13-20(28-19)15-29-9-10-30-22-8-5-17(11-18(22)14-29)16-3-6-21(7-4-16)31-23(24,25)26/h3-8,11-13H,2,9-10,14-15H2,1H3. The lowest BCUT2D eigenvalue weighted by atomic mass is 10.0. The molecule has 0 saturated carbocycles. The Kier molecular flexibility index (Phi) is 6.08. The number of benzene rings is 2. The van der Waals surface area contributed by atoms with Gasteiger partial charge in [0.25, 0.3) is 0 Å². The zero-order valence-corrected chi connectivity index (χ0v) is 17.0. The highest BCUT2D eigenvalue weighted by Crippen LogP contribution is 2.31. The quantitative estimate of drug-likeness (QED) is 0.571. The Hall–Kier alpha value is -3.13. The van der Waals surface area contributed by atoms with Crippen molar-refractivity contribution in [3.63, 3.8) is 0 Å². The average Bonchev–Trinajstić information content (AvgIpc) is 2.94. The number of hydrogen-bond acceptors (Lipinski definition) is 5. The molecule has 8 heteroatoms. The van der Waals surface area contributed by atoms with Crippen LogP contribution in [0.2, 0.25) is 0 Å². The van der Waals surface area contributed by atoms with Crippen LogP contribution in [0.4, 0.5) is 13.2 Å². The highest BCUT2D eigenvalue weighted by atomic mass is 19.4. The van der Waals surface area contributed by atoms with Gasteiger partial charge in [-0.15, -0.1) is 13.2 Å². The molecule has 0 N–H and O–H groups in total. The summed E-state index contributed by atoms with van der Waals surface area (Å²) >= 11 is 0. The molecule has 2 aromatic carbocycles. The zero-order valence-electron chi connectivity index (χ0n) is 17.0. The van der Waals surface area contributed by atoms with Gasteiger partial charge in [0.05, 0.1) is 11.4 Å². The zero-order chi connectivity index (χ0) is 21.8. The Balaban J connectivity index is 1.52. The summed E-state index contributed by atoms with van der Waals surface area (Å²) in [5, 5.41) is 0. The van der Waals surface area contributed by atoms with Gasteiger partial charge in [0.1, 0.15) is 18.1 Å². The first-order valence-corrected chi connectivity index (χ1v) is 10.0. The van der Waals surface area contributed by atoms with E-state index in [1.807, 2.05) is 25.1 Å². The molecule has 0 radical (unpaired) electrons. The third-order valence-electron chi connectivity index (χ3n) is 5.02. The Bertz CT molecular complexity index is 1040. The first-order chi connectivity index (χ1) is 14.9. The van der Waals surface area contributed by atoms with Gasteiger partial charge in [-0.25, -0.2) is 0 Å². The first-order valence-electron chi connectivity index (χ1n) is 10.0. The number of hydrogen-bond donors (Lipinski definition) is 0. The van der Waals surface area contributed by atoms with Gasteiger partial charge in [0.2, 0.25) is 0 Å². The van der Waals surface area contributed by atoms with Crippen molar-refractivity contribution in [1.82, 2.24) is 14.9 Å². The number of halogens is 3. The van der Waals surface area contributed by atoms with Crippen LogP contribution < -0.4 is 9.47 Å². The lowest BCUT2D eigenvalue weighted by Gasteiger charge is -2.19. The predicted octanol–water partition coefficient (Wildman–Crippen LogP) is 5.00. The summed E-state index contributed by atoms with van der Waals surface area (Å²) < 4.78 is 47.0. The van der Waals surface area contributed by atoms with Gasteiger partial charge in [0, 0.05) is 37.6 Å². The topological polar surface area (TPSA) is 47.5 Å². The minimum Gasteiger partial charge on any atom is -0.492 e. The summed E-state index contributed by atoms with van der Waals surface area (Å²) in [4.78, 5) is 11.2. The van der Waals surface area contributed by atoms with Crippen molar-refractivity contribution >= 4 is 0 Å². The Labute approximate surface area is 178 Å². The second-order valence-electron chi connectivity index (χ2n) is 7.31. The molecule has 0 saturated heterocycles. The third kappa shape index (κ3) is 5.52. The van der Waals surface area contributed by atoms with Crippen LogP contribution in [0.3, 0.4) is 0 Å². The Morgan fingerprint density at radius 2 is 1.77 bits per heavy atom. The summed E-state index contributed by atoms with van der Waals surface area (Å²) in [5.74, 6) is 0.576. The van der Waals surface area contributed by atoms with E-state index >= 15 is 0 Å². The molecule has 5 nitrogen and oxygen atoms in total. The van der Waals surface area contributed by atoms with E-state index in [1.165, 1.54) is 12.1 Å². The van der Waals surface area contributed by atoms with Crippen LogP contribution in [0.15, 0.2) is 54.9 Å². The molecular formula is C23H22F3N3O2. The number of alkyl halides is 3. The fraction of sp³-hybridized carbons (Fsp3) is 0.304. The third-order valence-corrected chi connectivity index (χ3v) is 5.02. The molecule has 2 heterocycles. The van der Waals surface area contributed by atoms with Crippen molar-refractivity contribution < 1.29 is 22.6 Å². The Morgan fingerprint density at radius 3 is 2.52 bits per heavy atom. The molecule has 0 bridgehead atoms. The van der Waals surface area contributed by atoms with Gasteiger partial charge in [-0.2, -0.15) is 0 Å². The molecule has 3 aromatic rings. The number of aromatic nitrogens is 2. The molecule has 0 atom stereocenters. The molecule has 4 rings (SSSR count). The van der Waals surface area contributed by atoms with Gasteiger partial charge < -0.3 is 9.47 Å². The highest BCUT2D eigenvalue weighted by Gasteiger charge is 2.31. The van der Waals surface area contributed by atoms with Crippen LogP contribution in [0.25, 0.3) is 11.1 Å². The molecule has 0 aliphatic carbocycles.